The minimum Gasteiger partial charge on any atom is -0.468 e. The summed E-state index contributed by atoms with van der Waals surface area (Å²) in [5, 5.41) is 3.34. The highest BCUT2D eigenvalue weighted by atomic mass is 16.5. The average molecular weight is 546 g/mol. The van der Waals surface area contributed by atoms with E-state index in [0.29, 0.717) is 13.0 Å². The molecule has 41 heavy (non-hydrogen) atoms. The summed E-state index contributed by atoms with van der Waals surface area (Å²) in [6.07, 6.45) is 6.04. The number of aromatic nitrogens is 3. The van der Waals surface area contributed by atoms with E-state index < -0.39 is 11.6 Å². The number of methoxy groups -OCH3 is 1. The van der Waals surface area contributed by atoms with Crippen molar-refractivity contribution in [1.82, 2.24) is 19.9 Å². The molecule has 7 heteroatoms. The molecule has 208 valence electrons. The molecule has 0 bridgehead atoms. The molecule has 0 spiro atoms. The standard InChI is InChI=1S/C34H35N5O2/c1-38(2)31-19-20-35-29(21-31)23-36-32(33(40)41-3)22-30-24-39(25-37-30)34(26-13-7-4-8-14-26,27-15-9-5-10-16-27)28-17-11-6-12-18-28/h4-21,24-25,32,36H,22-23H2,1-3H3/t32-/m0/s1. The number of hydrogen-bond acceptors (Lipinski definition) is 6. The van der Waals surface area contributed by atoms with Gasteiger partial charge in [0.1, 0.15) is 11.6 Å². The molecule has 0 fully saturated rings. The fraction of sp³-hybridized carbons (Fsp3) is 0.206. The Morgan fingerprint density at radius 3 is 1.93 bits per heavy atom. The van der Waals surface area contributed by atoms with E-state index in [4.69, 9.17) is 9.72 Å². The van der Waals surface area contributed by atoms with E-state index in [0.717, 1.165) is 33.8 Å². The fourth-order valence-electron chi connectivity index (χ4n) is 5.30. The number of carbonyl (C=O) groups excluding carboxylic acids is 1. The number of ether oxygens (including phenoxy) is 1. The van der Waals surface area contributed by atoms with Crippen molar-refractivity contribution in [3.63, 3.8) is 0 Å². The minimum atomic E-state index is -0.667. The number of nitrogens with one attached hydrogen (secondary N) is 1. The number of hydrogen-bond donors (Lipinski definition) is 1. The molecule has 0 aliphatic heterocycles. The Morgan fingerprint density at radius 1 is 0.854 bits per heavy atom. The Kier molecular flexibility index (Phi) is 8.56. The van der Waals surface area contributed by atoms with Crippen LogP contribution in [-0.4, -0.2) is 47.8 Å². The van der Waals surface area contributed by atoms with E-state index in [-0.39, 0.29) is 5.97 Å². The average Bonchev–Trinajstić information content (AvgIpc) is 3.49. The van der Waals surface area contributed by atoms with Gasteiger partial charge in [-0.15, -0.1) is 0 Å². The van der Waals surface area contributed by atoms with Gasteiger partial charge in [0, 0.05) is 45.1 Å². The lowest BCUT2D eigenvalue weighted by Gasteiger charge is -2.37. The molecule has 1 N–H and O–H groups in total. The normalized spacial score (nSPS) is 12.1. The van der Waals surface area contributed by atoms with Crippen LogP contribution in [0.25, 0.3) is 0 Å². The van der Waals surface area contributed by atoms with Gasteiger partial charge in [0.25, 0.3) is 0 Å². The Balaban J connectivity index is 1.51. The highest BCUT2D eigenvalue weighted by molar-refractivity contribution is 5.76. The van der Waals surface area contributed by atoms with E-state index in [1.165, 1.54) is 7.11 Å². The topological polar surface area (TPSA) is 72.3 Å². The van der Waals surface area contributed by atoms with Crippen molar-refractivity contribution in [2.75, 3.05) is 26.1 Å². The summed E-state index contributed by atoms with van der Waals surface area (Å²) >= 11 is 0. The van der Waals surface area contributed by atoms with Crippen molar-refractivity contribution in [2.45, 2.75) is 24.5 Å². The van der Waals surface area contributed by atoms with Crippen LogP contribution in [0.2, 0.25) is 0 Å². The van der Waals surface area contributed by atoms with Gasteiger partial charge in [-0.2, -0.15) is 0 Å². The zero-order valence-electron chi connectivity index (χ0n) is 23.6. The third-order valence-electron chi connectivity index (χ3n) is 7.34. The minimum absolute atomic E-state index is 0.344. The molecule has 0 radical (unpaired) electrons. The monoisotopic (exact) mass is 545 g/mol. The number of carbonyl (C=O) groups is 1. The molecule has 0 aliphatic rings. The summed E-state index contributed by atoms with van der Waals surface area (Å²) in [6.45, 7) is 0.421. The summed E-state index contributed by atoms with van der Waals surface area (Å²) in [5.74, 6) is -0.344. The Bertz CT molecular complexity index is 1460. The molecular weight excluding hydrogens is 510 g/mol. The van der Waals surface area contributed by atoms with Gasteiger partial charge in [-0.3, -0.25) is 15.1 Å². The molecule has 5 aromatic rings. The molecule has 7 nitrogen and oxygen atoms in total. The van der Waals surface area contributed by atoms with E-state index in [2.05, 4.69) is 87.7 Å². The van der Waals surface area contributed by atoms with Gasteiger partial charge in [0.2, 0.25) is 0 Å². The van der Waals surface area contributed by atoms with Crippen molar-refractivity contribution in [3.05, 3.63) is 150 Å². The maximum absolute atomic E-state index is 12.8. The van der Waals surface area contributed by atoms with Crippen molar-refractivity contribution < 1.29 is 9.53 Å². The summed E-state index contributed by atoms with van der Waals surface area (Å²) in [5.41, 5.74) is 5.31. The quantitative estimate of drug-likeness (QED) is 0.185. The molecule has 0 aliphatic carbocycles. The van der Waals surface area contributed by atoms with Crippen molar-refractivity contribution in [1.29, 1.82) is 0 Å². The number of nitrogens with zero attached hydrogens (tertiary/aromatic N) is 4. The number of esters is 1. The van der Waals surface area contributed by atoms with Gasteiger partial charge >= 0.3 is 5.97 Å². The first-order valence-electron chi connectivity index (χ1n) is 13.7. The largest absolute Gasteiger partial charge is 0.468 e. The smallest absolute Gasteiger partial charge is 0.323 e. The van der Waals surface area contributed by atoms with Gasteiger partial charge < -0.3 is 14.2 Å². The summed E-state index contributed by atoms with van der Waals surface area (Å²) in [6, 6.07) is 34.7. The van der Waals surface area contributed by atoms with Crippen LogP contribution in [0.15, 0.2) is 122 Å². The van der Waals surface area contributed by atoms with Gasteiger partial charge in [0.15, 0.2) is 0 Å². The number of imidazole rings is 1. The predicted molar refractivity (Wildman–Crippen MR) is 162 cm³/mol. The van der Waals surface area contributed by atoms with E-state index >= 15 is 0 Å². The Labute approximate surface area is 241 Å². The van der Waals surface area contributed by atoms with Crippen LogP contribution < -0.4 is 10.2 Å². The van der Waals surface area contributed by atoms with Crippen LogP contribution in [0.4, 0.5) is 5.69 Å². The van der Waals surface area contributed by atoms with Crippen LogP contribution in [0.3, 0.4) is 0 Å². The van der Waals surface area contributed by atoms with E-state index in [9.17, 15) is 4.79 Å². The number of benzene rings is 3. The van der Waals surface area contributed by atoms with Gasteiger partial charge in [-0.05, 0) is 28.8 Å². The van der Waals surface area contributed by atoms with Crippen LogP contribution in [-0.2, 0) is 28.0 Å². The van der Waals surface area contributed by atoms with Gasteiger partial charge in [-0.25, -0.2) is 4.98 Å². The maximum atomic E-state index is 12.8. The SMILES string of the molecule is COC(=O)[C@H](Cc1cn(C(c2ccccc2)(c2ccccc2)c2ccccc2)cn1)NCc1cc(N(C)C)ccn1. The molecule has 3 aromatic carbocycles. The van der Waals surface area contributed by atoms with E-state index in [1.54, 1.807) is 6.20 Å². The molecular formula is C34H35N5O2. The first-order chi connectivity index (χ1) is 20.0. The molecule has 2 aromatic heterocycles. The summed E-state index contributed by atoms with van der Waals surface area (Å²) in [4.78, 5) is 24.1. The predicted octanol–water partition coefficient (Wildman–Crippen LogP) is 5.06. The van der Waals surface area contributed by atoms with Crippen molar-refractivity contribution in [3.8, 4) is 0 Å². The molecule has 5 rings (SSSR count). The molecule has 0 unspecified atom stereocenters. The van der Waals surface area contributed by atoms with Crippen LogP contribution in [0, 0.1) is 0 Å². The lowest BCUT2D eigenvalue weighted by Crippen LogP contribution is -2.39. The maximum Gasteiger partial charge on any atom is 0.323 e. The highest BCUT2D eigenvalue weighted by Gasteiger charge is 2.38. The first kappa shape index (κ1) is 27.8. The highest BCUT2D eigenvalue weighted by Crippen LogP contribution is 2.40. The fourth-order valence-corrected chi connectivity index (χ4v) is 5.30. The molecule has 0 saturated carbocycles. The Morgan fingerprint density at radius 2 is 1.41 bits per heavy atom. The Hall–Kier alpha value is -4.75. The van der Waals surface area contributed by atoms with Crippen molar-refractivity contribution >= 4 is 11.7 Å². The van der Waals surface area contributed by atoms with Crippen LogP contribution in [0.1, 0.15) is 28.1 Å². The lowest BCUT2D eigenvalue weighted by atomic mass is 9.77. The third-order valence-corrected chi connectivity index (χ3v) is 7.34. The number of anilines is 1. The number of pyridine rings is 1. The van der Waals surface area contributed by atoms with Crippen LogP contribution >= 0.6 is 0 Å². The molecule has 2 heterocycles. The van der Waals surface area contributed by atoms with Crippen molar-refractivity contribution in [2.24, 2.45) is 0 Å². The second-order valence-electron chi connectivity index (χ2n) is 10.1. The number of rotatable bonds is 11. The van der Waals surface area contributed by atoms with E-state index in [1.807, 2.05) is 61.9 Å². The summed E-state index contributed by atoms with van der Waals surface area (Å²) in [7, 11) is 5.38. The molecule has 0 saturated heterocycles. The lowest BCUT2D eigenvalue weighted by molar-refractivity contribution is -0.143. The molecule has 0 amide bonds. The van der Waals surface area contributed by atoms with Gasteiger partial charge in [-0.1, -0.05) is 91.0 Å². The van der Waals surface area contributed by atoms with Gasteiger partial charge in [0.05, 0.1) is 24.8 Å². The zero-order valence-corrected chi connectivity index (χ0v) is 23.6. The molecule has 1 atom stereocenters. The third kappa shape index (κ3) is 5.90. The first-order valence-corrected chi connectivity index (χ1v) is 13.7. The second-order valence-corrected chi connectivity index (χ2v) is 10.1. The van der Waals surface area contributed by atoms with Crippen LogP contribution in [0.5, 0.6) is 0 Å². The summed E-state index contributed by atoms with van der Waals surface area (Å²) < 4.78 is 7.30. The second kappa shape index (κ2) is 12.6. The zero-order chi connectivity index (χ0) is 28.7.